The molecule has 0 atom stereocenters. The van der Waals surface area contributed by atoms with Gasteiger partial charge in [0.05, 0.1) is 20.0 Å². The second-order valence-corrected chi connectivity index (χ2v) is 8.19. The van der Waals surface area contributed by atoms with Crippen LogP contribution < -0.4 is 19.1 Å². The molecule has 146 valence electrons. The van der Waals surface area contributed by atoms with E-state index >= 15 is 0 Å². The Balaban J connectivity index is 1.75. The number of ether oxygens (including phenoxy) is 2. The molecule has 27 heavy (non-hydrogen) atoms. The van der Waals surface area contributed by atoms with Gasteiger partial charge >= 0.3 is 0 Å². The lowest BCUT2D eigenvalue weighted by Gasteiger charge is -2.30. The van der Waals surface area contributed by atoms with Crippen LogP contribution in [-0.2, 0) is 23.0 Å². The van der Waals surface area contributed by atoms with Crippen LogP contribution in [0.3, 0.4) is 0 Å². The van der Waals surface area contributed by atoms with E-state index in [4.69, 9.17) is 9.47 Å². The maximum Gasteiger partial charge on any atom is 0.233 e. The highest BCUT2D eigenvalue weighted by atomic mass is 32.2. The van der Waals surface area contributed by atoms with Crippen LogP contribution in [0.4, 0.5) is 11.6 Å². The Hall–Kier alpha value is -2.55. The lowest BCUT2D eigenvalue weighted by molar-refractivity contribution is 0.353. The van der Waals surface area contributed by atoms with Gasteiger partial charge in [0.15, 0.2) is 23.1 Å². The van der Waals surface area contributed by atoms with Gasteiger partial charge in [0.25, 0.3) is 0 Å². The highest BCUT2D eigenvalue weighted by molar-refractivity contribution is 7.92. The van der Waals surface area contributed by atoms with Crippen molar-refractivity contribution in [2.75, 3.05) is 36.1 Å². The molecule has 0 bridgehead atoms. The molecule has 0 saturated carbocycles. The predicted molar refractivity (Wildman–Crippen MR) is 104 cm³/mol. The molecule has 0 saturated heterocycles. The van der Waals surface area contributed by atoms with Crippen LogP contribution in [0, 0.1) is 0 Å². The highest BCUT2D eigenvalue weighted by Crippen LogP contribution is 2.34. The number of nitrogens with one attached hydrogen (secondary N) is 1. The Kier molecular flexibility index (Phi) is 5.69. The van der Waals surface area contributed by atoms with Gasteiger partial charge in [0, 0.05) is 13.1 Å². The van der Waals surface area contributed by atoms with Gasteiger partial charge in [-0.2, -0.15) is 0 Å². The largest absolute Gasteiger partial charge is 0.493 e. The van der Waals surface area contributed by atoms with Crippen molar-refractivity contribution in [2.24, 2.45) is 0 Å². The van der Waals surface area contributed by atoms with Crippen molar-refractivity contribution in [3.63, 3.8) is 0 Å². The molecule has 1 aliphatic rings. The minimum Gasteiger partial charge on any atom is -0.493 e. The van der Waals surface area contributed by atoms with E-state index in [9.17, 15) is 8.42 Å². The fourth-order valence-electron chi connectivity index (χ4n) is 3.11. The first-order valence-electron chi connectivity index (χ1n) is 8.78. The number of fused-ring (bicyclic) bond motifs is 1. The zero-order valence-electron chi connectivity index (χ0n) is 15.7. The van der Waals surface area contributed by atoms with Gasteiger partial charge in [-0.3, -0.25) is 4.72 Å². The molecule has 0 fully saturated rings. The van der Waals surface area contributed by atoms with Gasteiger partial charge in [-0.15, -0.1) is 10.2 Å². The van der Waals surface area contributed by atoms with E-state index in [-0.39, 0.29) is 11.6 Å². The van der Waals surface area contributed by atoms with E-state index in [2.05, 4.69) is 19.8 Å². The van der Waals surface area contributed by atoms with Crippen LogP contribution >= 0.6 is 0 Å². The van der Waals surface area contributed by atoms with E-state index in [0.717, 1.165) is 24.3 Å². The van der Waals surface area contributed by atoms with E-state index in [1.165, 1.54) is 5.56 Å². The molecule has 1 aromatic heterocycles. The predicted octanol–water partition coefficient (Wildman–Crippen LogP) is 2.21. The van der Waals surface area contributed by atoms with Crippen molar-refractivity contribution in [1.82, 2.24) is 10.2 Å². The number of benzene rings is 1. The Bertz CT molecular complexity index is 900. The summed E-state index contributed by atoms with van der Waals surface area (Å²) in [7, 11) is -0.119. The molecule has 0 spiro atoms. The third kappa shape index (κ3) is 4.41. The quantitative estimate of drug-likeness (QED) is 0.772. The number of hydrogen-bond donors (Lipinski definition) is 1. The first kappa shape index (κ1) is 19.2. The van der Waals surface area contributed by atoms with Crippen molar-refractivity contribution in [2.45, 2.75) is 26.3 Å². The van der Waals surface area contributed by atoms with Crippen LogP contribution in [0.1, 0.15) is 24.5 Å². The Morgan fingerprint density at radius 1 is 1.11 bits per heavy atom. The Morgan fingerprint density at radius 2 is 1.81 bits per heavy atom. The summed E-state index contributed by atoms with van der Waals surface area (Å²) in [6.45, 7) is 3.27. The SMILES string of the molecule is CCCS(=O)(=O)Nc1ccc(N2CCc3cc(OC)c(OC)cc3C2)nn1. The van der Waals surface area contributed by atoms with E-state index in [1.54, 1.807) is 26.4 Å². The molecule has 0 radical (unpaired) electrons. The molecule has 2 heterocycles. The molecule has 8 nitrogen and oxygen atoms in total. The fourth-order valence-corrected chi connectivity index (χ4v) is 4.17. The second-order valence-electron chi connectivity index (χ2n) is 6.35. The first-order valence-corrected chi connectivity index (χ1v) is 10.4. The number of nitrogens with zero attached hydrogens (tertiary/aromatic N) is 3. The summed E-state index contributed by atoms with van der Waals surface area (Å²) in [5.41, 5.74) is 2.37. The van der Waals surface area contributed by atoms with Crippen molar-refractivity contribution < 1.29 is 17.9 Å². The summed E-state index contributed by atoms with van der Waals surface area (Å²) in [5.74, 6) is 2.42. The Labute approximate surface area is 159 Å². The third-order valence-electron chi connectivity index (χ3n) is 4.43. The molecule has 0 aliphatic carbocycles. The molecule has 3 rings (SSSR count). The minimum absolute atomic E-state index is 0.0602. The van der Waals surface area contributed by atoms with Crippen LogP contribution in [0.2, 0.25) is 0 Å². The van der Waals surface area contributed by atoms with Gasteiger partial charge in [0.1, 0.15) is 0 Å². The van der Waals surface area contributed by atoms with Crippen molar-refractivity contribution in [3.05, 3.63) is 35.4 Å². The summed E-state index contributed by atoms with van der Waals surface area (Å²) in [5, 5.41) is 8.20. The maximum absolute atomic E-state index is 11.8. The van der Waals surface area contributed by atoms with Crippen molar-refractivity contribution in [1.29, 1.82) is 0 Å². The third-order valence-corrected chi connectivity index (χ3v) is 5.89. The monoisotopic (exact) mass is 392 g/mol. The number of anilines is 2. The standard InChI is InChI=1S/C18H24N4O4S/c1-4-9-27(23,24)21-17-5-6-18(20-19-17)22-8-7-13-10-15(25-2)16(26-3)11-14(13)12-22/h5-6,10-11H,4,7-9,12H2,1-3H3,(H,19,21). The highest BCUT2D eigenvalue weighted by Gasteiger charge is 2.21. The van der Waals surface area contributed by atoms with Gasteiger partial charge in [0.2, 0.25) is 10.0 Å². The average molecular weight is 392 g/mol. The fraction of sp³-hybridized carbons (Fsp3) is 0.444. The minimum atomic E-state index is -3.37. The van der Waals surface area contributed by atoms with Gasteiger partial charge in [-0.05, 0) is 48.2 Å². The number of aromatic nitrogens is 2. The zero-order chi connectivity index (χ0) is 19.4. The molecule has 1 N–H and O–H groups in total. The summed E-state index contributed by atoms with van der Waals surface area (Å²) in [6, 6.07) is 7.42. The molecule has 0 unspecified atom stereocenters. The zero-order valence-corrected chi connectivity index (χ0v) is 16.5. The summed E-state index contributed by atoms with van der Waals surface area (Å²) in [4.78, 5) is 2.10. The lowest BCUT2D eigenvalue weighted by Crippen LogP contribution is -2.31. The van der Waals surface area contributed by atoms with Crippen LogP contribution in [0.15, 0.2) is 24.3 Å². The topological polar surface area (TPSA) is 93.7 Å². The number of rotatable bonds is 7. The second kappa shape index (κ2) is 7.99. The van der Waals surface area contributed by atoms with E-state index in [1.807, 2.05) is 19.1 Å². The van der Waals surface area contributed by atoms with Crippen LogP contribution in [0.25, 0.3) is 0 Å². The first-order chi connectivity index (χ1) is 13.0. The number of hydrogen-bond acceptors (Lipinski definition) is 7. The summed E-state index contributed by atoms with van der Waals surface area (Å²) in [6.07, 6.45) is 1.39. The number of sulfonamides is 1. The summed E-state index contributed by atoms with van der Waals surface area (Å²) >= 11 is 0. The summed E-state index contributed by atoms with van der Waals surface area (Å²) < 4.78 is 36.8. The maximum atomic E-state index is 11.8. The van der Waals surface area contributed by atoms with Gasteiger partial charge in [-0.1, -0.05) is 6.92 Å². The molecule has 0 amide bonds. The molecular formula is C18H24N4O4S. The molecule has 2 aromatic rings. The molecular weight excluding hydrogens is 368 g/mol. The lowest BCUT2D eigenvalue weighted by atomic mass is 9.99. The average Bonchev–Trinajstić information content (AvgIpc) is 2.66. The molecule has 1 aromatic carbocycles. The van der Waals surface area contributed by atoms with Crippen LogP contribution in [-0.4, -0.2) is 45.1 Å². The molecule has 9 heteroatoms. The van der Waals surface area contributed by atoms with Gasteiger partial charge in [-0.25, -0.2) is 8.42 Å². The number of methoxy groups -OCH3 is 2. The normalized spacial score (nSPS) is 13.8. The van der Waals surface area contributed by atoms with E-state index in [0.29, 0.717) is 24.5 Å². The Morgan fingerprint density at radius 3 is 2.41 bits per heavy atom. The van der Waals surface area contributed by atoms with Crippen molar-refractivity contribution in [3.8, 4) is 11.5 Å². The van der Waals surface area contributed by atoms with E-state index < -0.39 is 10.0 Å². The molecule has 1 aliphatic heterocycles. The van der Waals surface area contributed by atoms with Crippen LogP contribution in [0.5, 0.6) is 11.5 Å². The van der Waals surface area contributed by atoms with Gasteiger partial charge < -0.3 is 14.4 Å². The smallest absolute Gasteiger partial charge is 0.233 e. The van der Waals surface area contributed by atoms with Crippen molar-refractivity contribution >= 4 is 21.7 Å².